The Kier molecular flexibility index (Phi) is 7.50. The number of halogens is 1. The Morgan fingerprint density at radius 1 is 1.29 bits per heavy atom. The Morgan fingerprint density at radius 2 is 1.95 bits per heavy atom. The van der Waals surface area contributed by atoms with Gasteiger partial charge in [-0.2, -0.15) is 0 Å². The molecule has 0 radical (unpaired) electrons. The van der Waals surface area contributed by atoms with E-state index in [-0.39, 0.29) is 12.4 Å². The van der Waals surface area contributed by atoms with Gasteiger partial charge in [0.1, 0.15) is 12.4 Å². The zero-order chi connectivity index (χ0) is 14.5. The summed E-state index contributed by atoms with van der Waals surface area (Å²) >= 11 is 0. The Bertz CT molecular complexity index is 429. The second-order valence-corrected chi connectivity index (χ2v) is 6.16. The van der Waals surface area contributed by atoms with Gasteiger partial charge in [-0.25, -0.2) is 0 Å². The molecule has 120 valence electrons. The fraction of sp³-hybridized carbons (Fsp3) is 0.647. The summed E-state index contributed by atoms with van der Waals surface area (Å²) in [4.78, 5) is 2.49. The minimum absolute atomic E-state index is 0. The fourth-order valence-electron chi connectivity index (χ4n) is 2.85. The molecule has 1 aliphatic rings. The van der Waals surface area contributed by atoms with Gasteiger partial charge in [-0.15, -0.1) is 12.4 Å². The van der Waals surface area contributed by atoms with Crippen LogP contribution in [0.15, 0.2) is 18.2 Å². The number of rotatable bonds is 5. The van der Waals surface area contributed by atoms with E-state index >= 15 is 0 Å². The van der Waals surface area contributed by atoms with Crippen molar-refractivity contribution >= 4 is 12.4 Å². The van der Waals surface area contributed by atoms with Crippen molar-refractivity contribution < 1.29 is 4.74 Å². The first-order valence-electron chi connectivity index (χ1n) is 7.74. The zero-order valence-corrected chi connectivity index (χ0v) is 14.3. The lowest BCUT2D eigenvalue weighted by molar-refractivity contribution is 0.146. The van der Waals surface area contributed by atoms with Crippen molar-refractivity contribution in [3.8, 4) is 5.75 Å². The maximum atomic E-state index is 5.98. The second-order valence-electron chi connectivity index (χ2n) is 6.16. The zero-order valence-electron chi connectivity index (χ0n) is 13.5. The molecule has 0 saturated carbocycles. The summed E-state index contributed by atoms with van der Waals surface area (Å²) in [6.45, 7) is 10.4. The molecular formula is C17H29ClN2O. The first-order chi connectivity index (χ1) is 9.56. The lowest BCUT2D eigenvalue weighted by Gasteiger charge is -2.33. The number of nitrogens with zero attached hydrogens (tertiary/aromatic N) is 1. The topological polar surface area (TPSA) is 38.5 Å². The molecule has 1 aliphatic heterocycles. The van der Waals surface area contributed by atoms with Gasteiger partial charge in [-0.1, -0.05) is 12.1 Å². The summed E-state index contributed by atoms with van der Waals surface area (Å²) in [6.07, 6.45) is 2.45. The fourth-order valence-corrected chi connectivity index (χ4v) is 2.85. The number of hydrogen-bond donors (Lipinski definition) is 1. The monoisotopic (exact) mass is 312 g/mol. The summed E-state index contributed by atoms with van der Waals surface area (Å²) in [5.41, 5.74) is 8.44. The van der Waals surface area contributed by atoms with Crippen LogP contribution in [0.1, 0.15) is 30.9 Å². The van der Waals surface area contributed by atoms with E-state index in [1.54, 1.807) is 0 Å². The van der Waals surface area contributed by atoms with Crippen LogP contribution < -0.4 is 10.5 Å². The SMILES string of the molecule is Cc1ccc(C)c(OCCN2CCC(C(C)N)CC2)c1.Cl. The Hall–Kier alpha value is -0.770. The van der Waals surface area contributed by atoms with Gasteiger partial charge in [0.25, 0.3) is 0 Å². The van der Waals surface area contributed by atoms with Gasteiger partial charge in [-0.3, -0.25) is 4.90 Å². The van der Waals surface area contributed by atoms with Crippen LogP contribution in [0.2, 0.25) is 0 Å². The van der Waals surface area contributed by atoms with Gasteiger partial charge < -0.3 is 10.5 Å². The molecule has 0 aliphatic carbocycles. The molecule has 1 saturated heterocycles. The predicted octanol–water partition coefficient (Wildman–Crippen LogP) is 3.16. The lowest BCUT2D eigenvalue weighted by Crippen LogP contribution is -2.41. The highest BCUT2D eigenvalue weighted by Crippen LogP contribution is 2.21. The van der Waals surface area contributed by atoms with E-state index in [9.17, 15) is 0 Å². The van der Waals surface area contributed by atoms with E-state index in [0.717, 1.165) is 32.0 Å². The van der Waals surface area contributed by atoms with Crippen molar-refractivity contribution in [2.75, 3.05) is 26.2 Å². The number of aryl methyl sites for hydroxylation is 2. The summed E-state index contributed by atoms with van der Waals surface area (Å²) in [5.74, 6) is 1.72. The Balaban J connectivity index is 0.00000220. The molecule has 1 heterocycles. The van der Waals surface area contributed by atoms with Crippen LogP contribution in [0.25, 0.3) is 0 Å². The van der Waals surface area contributed by atoms with Crippen LogP contribution in [0, 0.1) is 19.8 Å². The van der Waals surface area contributed by atoms with Crippen molar-refractivity contribution in [3.05, 3.63) is 29.3 Å². The molecule has 1 fully saturated rings. The van der Waals surface area contributed by atoms with Crippen molar-refractivity contribution in [1.82, 2.24) is 4.90 Å². The number of ether oxygens (including phenoxy) is 1. The van der Waals surface area contributed by atoms with Crippen LogP contribution >= 0.6 is 12.4 Å². The highest BCUT2D eigenvalue weighted by atomic mass is 35.5. The van der Waals surface area contributed by atoms with Crippen LogP contribution in [0.3, 0.4) is 0 Å². The third kappa shape index (κ3) is 5.50. The van der Waals surface area contributed by atoms with E-state index in [0.29, 0.717) is 12.0 Å². The molecule has 1 unspecified atom stereocenters. The first kappa shape index (κ1) is 18.3. The van der Waals surface area contributed by atoms with Crippen LogP contribution in [0.4, 0.5) is 0 Å². The predicted molar refractivity (Wildman–Crippen MR) is 91.5 cm³/mol. The van der Waals surface area contributed by atoms with Gasteiger partial charge in [0.05, 0.1) is 0 Å². The number of benzene rings is 1. The van der Waals surface area contributed by atoms with Crippen LogP contribution in [-0.2, 0) is 0 Å². The Morgan fingerprint density at radius 3 is 2.57 bits per heavy atom. The van der Waals surface area contributed by atoms with E-state index in [4.69, 9.17) is 10.5 Å². The minimum atomic E-state index is 0. The van der Waals surface area contributed by atoms with Crippen molar-refractivity contribution in [2.45, 2.75) is 39.7 Å². The van der Waals surface area contributed by atoms with Crippen LogP contribution in [0.5, 0.6) is 5.75 Å². The van der Waals surface area contributed by atoms with Crippen molar-refractivity contribution in [1.29, 1.82) is 0 Å². The first-order valence-corrected chi connectivity index (χ1v) is 7.74. The third-order valence-corrected chi connectivity index (χ3v) is 4.38. The molecule has 3 nitrogen and oxygen atoms in total. The number of hydrogen-bond acceptors (Lipinski definition) is 3. The smallest absolute Gasteiger partial charge is 0.122 e. The van der Waals surface area contributed by atoms with E-state index in [1.165, 1.54) is 24.0 Å². The summed E-state index contributed by atoms with van der Waals surface area (Å²) in [5, 5.41) is 0. The molecule has 1 aromatic rings. The van der Waals surface area contributed by atoms with Gasteiger partial charge >= 0.3 is 0 Å². The van der Waals surface area contributed by atoms with Gasteiger partial charge in [-0.05, 0) is 69.8 Å². The molecule has 21 heavy (non-hydrogen) atoms. The van der Waals surface area contributed by atoms with Gasteiger partial charge in [0.2, 0.25) is 0 Å². The maximum absolute atomic E-state index is 5.98. The summed E-state index contributed by atoms with van der Waals surface area (Å²) in [7, 11) is 0. The normalized spacial score (nSPS) is 18.1. The molecule has 0 spiro atoms. The molecule has 2 rings (SSSR count). The standard InChI is InChI=1S/C17H28N2O.ClH/c1-13-4-5-14(2)17(12-13)20-11-10-19-8-6-16(7-9-19)15(3)18;/h4-5,12,15-16H,6-11,18H2,1-3H3;1H. The Labute approximate surface area is 135 Å². The van der Waals surface area contributed by atoms with E-state index in [1.807, 2.05) is 0 Å². The van der Waals surface area contributed by atoms with Crippen molar-refractivity contribution in [2.24, 2.45) is 11.7 Å². The van der Waals surface area contributed by atoms with E-state index < -0.39 is 0 Å². The second kappa shape index (κ2) is 8.62. The van der Waals surface area contributed by atoms with Gasteiger partial charge in [0.15, 0.2) is 0 Å². The molecule has 0 bridgehead atoms. The molecule has 1 atom stereocenters. The third-order valence-electron chi connectivity index (χ3n) is 4.38. The number of piperidine rings is 1. The molecule has 0 amide bonds. The molecule has 0 aromatic heterocycles. The van der Waals surface area contributed by atoms with Gasteiger partial charge in [0, 0.05) is 12.6 Å². The molecule has 2 N–H and O–H groups in total. The average molecular weight is 313 g/mol. The maximum Gasteiger partial charge on any atom is 0.122 e. The summed E-state index contributed by atoms with van der Waals surface area (Å²) < 4.78 is 5.93. The average Bonchev–Trinajstić information content (AvgIpc) is 2.43. The highest BCUT2D eigenvalue weighted by molar-refractivity contribution is 5.85. The summed E-state index contributed by atoms with van der Waals surface area (Å²) in [6, 6.07) is 6.71. The quantitative estimate of drug-likeness (QED) is 0.907. The number of nitrogens with two attached hydrogens (primary N) is 1. The minimum Gasteiger partial charge on any atom is -0.492 e. The van der Waals surface area contributed by atoms with Crippen molar-refractivity contribution in [3.63, 3.8) is 0 Å². The lowest BCUT2D eigenvalue weighted by atomic mass is 9.91. The number of likely N-dealkylation sites (tertiary alicyclic amines) is 1. The van der Waals surface area contributed by atoms with E-state index in [2.05, 4.69) is 43.9 Å². The molecular weight excluding hydrogens is 284 g/mol. The van der Waals surface area contributed by atoms with Crippen LogP contribution in [-0.4, -0.2) is 37.2 Å². The largest absolute Gasteiger partial charge is 0.492 e. The highest BCUT2D eigenvalue weighted by Gasteiger charge is 2.21. The molecule has 4 heteroatoms. The molecule has 1 aromatic carbocycles.